The maximum atomic E-state index is 12.8. The van der Waals surface area contributed by atoms with Gasteiger partial charge in [-0.15, -0.1) is 0 Å². The van der Waals surface area contributed by atoms with E-state index in [-0.39, 0.29) is 5.91 Å². The third-order valence-corrected chi connectivity index (χ3v) is 6.12. The molecule has 3 aromatic carbocycles. The molecule has 0 aliphatic heterocycles. The van der Waals surface area contributed by atoms with Gasteiger partial charge in [0.15, 0.2) is 11.5 Å². The molecule has 0 spiro atoms. The average molecular weight is 472 g/mol. The van der Waals surface area contributed by atoms with Crippen LogP contribution in [-0.4, -0.2) is 27.2 Å². The van der Waals surface area contributed by atoms with E-state index in [4.69, 9.17) is 18.6 Å². The normalized spacial score (nSPS) is 11.4. The Balaban J connectivity index is 1.79. The molecule has 0 atom stereocenters. The summed E-state index contributed by atoms with van der Waals surface area (Å²) in [5.74, 6) is 1.75. The molecule has 1 amide bonds. The molecule has 1 N–H and O–H groups in total. The third-order valence-electron chi connectivity index (χ3n) is 6.12. The SMILES string of the molecule is COc1ccc(-c2coc3c(C)c(OC)c(/C(C)=C/C(=O)Nc4ccccc4C)cc23)cc1OC. The van der Waals surface area contributed by atoms with Crippen molar-refractivity contribution < 1.29 is 23.4 Å². The molecule has 180 valence electrons. The van der Waals surface area contributed by atoms with Crippen LogP contribution in [0.15, 0.2) is 65.3 Å². The molecule has 0 radical (unpaired) electrons. The Morgan fingerprint density at radius 2 is 1.69 bits per heavy atom. The van der Waals surface area contributed by atoms with Gasteiger partial charge in [0.1, 0.15) is 11.3 Å². The molecule has 4 aromatic rings. The first-order valence-electron chi connectivity index (χ1n) is 11.2. The Morgan fingerprint density at radius 1 is 0.943 bits per heavy atom. The van der Waals surface area contributed by atoms with Crippen molar-refractivity contribution >= 4 is 28.1 Å². The zero-order chi connectivity index (χ0) is 25.1. The fraction of sp³-hybridized carbons (Fsp3) is 0.207. The van der Waals surface area contributed by atoms with Crippen molar-refractivity contribution in [3.8, 4) is 28.4 Å². The van der Waals surface area contributed by atoms with E-state index in [2.05, 4.69) is 5.32 Å². The summed E-state index contributed by atoms with van der Waals surface area (Å²) < 4.78 is 22.6. The van der Waals surface area contributed by atoms with E-state index in [0.29, 0.717) is 17.2 Å². The zero-order valence-corrected chi connectivity index (χ0v) is 20.8. The van der Waals surface area contributed by atoms with Gasteiger partial charge in [-0.05, 0) is 61.7 Å². The Hall–Kier alpha value is -4.19. The van der Waals surface area contributed by atoms with E-state index in [1.54, 1.807) is 33.7 Å². The number of fused-ring (bicyclic) bond motifs is 1. The van der Waals surface area contributed by atoms with Crippen molar-refractivity contribution in [3.63, 3.8) is 0 Å². The summed E-state index contributed by atoms with van der Waals surface area (Å²) in [6.07, 6.45) is 3.32. The summed E-state index contributed by atoms with van der Waals surface area (Å²) in [6.45, 7) is 5.81. The van der Waals surface area contributed by atoms with E-state index in [1.165, 1.54) is 0 Å². The molecule has 0 unspecified atom stereocenters. The maximum Gasteiger partial charge on any atom is 0.248 e. The van der Waals surface area contributed by atoms with Gasteiger partial charge < -0.3 is 23.9 Å². The molecule has 6 nitrogen and oxygen atoms in total. The summed E-state index contributed by atoms with van der Waals surface area (Å²) in [5, 5.41) is 3.87. The van der Waals surface area contributed by atoms with Crippen molar-refractivity contribution in [3.05, 3.63) is 77.6 Å². The number of furan rings is 1. The second-order valence-electron chi connectivity index (χ2n) is 8.31. The topological polar surface area (TPSA) is 69.9 Å². The van der Waals surface area contributed by atoms with Crippen molar-refractivity contribution in [1.29, 1.82) is 0 Å². The Labute approximate surface area is 205 Å². The van der Waals surface area contributed by atoms with Crippen LogP contribution >= 0.6 is 0 Å². The monoisotopic (exact) mass is 471 g/mol. The number of carbonyl (C=O) groups excluding carboxylic acids is 1. The first-order valence-corrected chi connectivity index (χ1v) is 11.2. The first kappa shape index (κ1) is 24.0. The quantitative estimate of drug-likeness (QED) is 0.301. The van der Waals surface area contributed by atoms with Crippen LogP contribution in [0.1, 0.15) is 23.6 Å². The smallest absolute Gasteiger partial charge is 0.248 e. The number of hydrogen-bond acceptors (Lipinski definition) is 5. The number of rotatable bonds is 7. The van der Waals surface area contributed by atoms with Crippen molar-refractivity contribution in [2.75, 3.05) is 26.6 Å². The molecule has 0 aliphatic carbocycles. The third kappa shape index (κ3) is 4.60. The number of hydrogen-bond donors (Lipinski definition) is 1. The summed E-state index contributed by atoms with van der Waals surface area (Å²) in [4.78, 5) is 12.8. The number of carbonyl (C=O) groups is 1. The Kier molecular flexibility index (Phi) is 6.82. The predicted octanol–water partition coefficient (Wildman–Crippen LogP) is 6.78. The van der Waals surface area contributed by atoms with Crippen LogP contribution in [0.25, 0.3) is 27.7 Å². The summed E-state index contributed by atoms with van der Waals surface area (Å²) >= 11 is 0. The van der Waals surface area contributed by atoms with Crippen LogP contribution in [0.3, 0.4) is 0 Å². The zero-order valence-electron chi connectivity index (χ0n) is 20.8. The van der Waals surface area contributed by atoms with Gasteiger partial charge in [-0.3, -0.25) is 4.79 Å². The lowest BCUT2D eigenvalue weighted by Gasteiger charge is -2.14. The van der Waals surface area contributed by atoms with Crippen LogP contribution < -0.4 is 19.5 Å². The molecular formula is C29H29NO5. The molecule has 35 heavy (non-hydrogen) atoms. The highest BCUT2D eigenvalue weighted by atomic mass is 16.5. The van der Waals surface area contributed by atoms with E-state index in [9.17, 15) is 4.79 Å². The minimum absolute atomic E-state index is 0.205. The fourth-order valence-corrected chi connectivity index (χ4v) is 4.26. The number of aryl methyl sites for hydroxylation is 2. The van der Waals surface area contributed by atoms with Crippen molar-refractivity contribution in [1.82, 2.24) is 0 Å². The highest BCUT2D eigenvalue weighted by Crippen LogP contribution is 2.42. The van der Waals surface area contributed by atoms with Gasteiger partial charge in [0.2, 0.25) is 5.91 Å². The predicted molar refractivity (Wildman–Crippen MR) is 140 cm³/mol. The average Bonchev–Trinajstić information content (AvgIpc) is 3.29. The van der Waals surface area contributed by atoms with Crippen LogP contribution in [0.4, 0.5) is 5.69 Å². The molecule has 0 saturated carbocycles. The first-order chi connectivity index (χ1) is 16.9. The van der Waals surface area contributed by atoms with Crippen LogP contribution in [0.2, 0.25) is 0 Å². The van der Waals surface area contributed by atoms with Crippen molar-refractivity contribution in [2.45, 2.75) is 20.8 Å². The largest absolute Gasteiger partial charge is 0.496 e. The van der Waals surface area contributed by atoms with Crippen molar-refractivity contribution in [2.24, 2.45) is 0 Å². The second-order valence-corrected chi connectivity index (χ2v) is 8.31. The number of allylic oxidation sites excluding steroid dienone is 1. The Bertz CT molecular complexity index is 1430. The summed E-state index contributed by atoms with van der Waals surface area (Å²) in [5.41, 5.74) is 6.80. The van der Waals surface area contributed by atoms with E-state index < -0.39 is 0 Å². The molecule has 0 aliphatic rings. The van der Waals surface area contributed by atoms with E-state index >= 15 is 0 Å². The minimum Gasteiger partial charge on any atom is -0.496 e. The van der Waals surface area contributed by atoms with Gasteiger partial charge in [-0.1, -0.05) is 24.3 Å². The lowest BCUT2D eigenvalue weighted by atomic mass is 9.96. The fourth-order valence-electron chi connectivity index (χ4n) is 4.26. The van der Waals surface area contributed by atoms with Crippen LogP contribution in [0.5, 0.6) is 17.2 Å². The second kappa shape index (κ2) is 9.97. The number of amides is 1. The molecule has 6 heteroatoms. The molecular weight excluding hydrogens is 442 g/mol. The lowest BCUT2D eigenvalue weighted by Crippen LogP contribution is -2.09. The van der Waals surface area contributed by atoms with Gasteiger partial charge in [-0.25, -0.2) is 0 Å². The number of methoxy groups -OCH3 is 3. The van der Waals surface area contributed by atoms with Gasteiger partial charge in [0.25, 0.3) is 0 Å². The molecule has 0 bridgehead atoms. The maximum absolute atomic E-state index is 12.8. The molecule has 1 aromatic heterocycles. The highest BCUT2D eigenvalue weighted by molar-refractivity contribution is 6.06. The molecule has 0 saturated heterocycles. The minimum atomic E-state index is -0.205. The number of para-hydroxylation sites is 1. The van der Waals surface area contributed by atoms with Gasteiger partial charge >= 0.3 is 0 Å². The number of anilines is 1. The molecule has 4 rings (SSSR count). The molecule has 1 heterocycles. The van der Waals surface area contributed by atoms with Crippen LogP contribution in [0, 0.1) is 13.8 Å². The lowest BCUT2D eigenvalue weighted by molar-refractivity contribution is -0.111. The number of benzene rings is 3. The van der Waals surface area contributed by atoms with Gasteiger partial charge in [0, 0.05) is 33.8 Å². The number of ether oxygens (including phenoxy) is 3. The van der Waals surface area contributed by atoms with Gasteiger partial charge in [-0.2, -0.15) is 0 Å². The summed E-state index contributed by atoms with van der Waals surface area (Å²) in [6, 6.07) is 15.4. The summed E-state index contributed by atoms with van der Waals surface area (Å²) in [7, 11) is 4.84. The van der Waals surface area contributed by atoms with E-state index in [0.717, 1.165) is 50.0 Å². The molecule has 0 fully saturated rings. The Morgan fingerprint density at radius 3 is 2.37 bits per heavy atom. The highest BCUT2D eigenvalue weighted by Gasteiger charge is 2.19. The standard InChI is InChI=1S/C29H29NO5/c1-17-9-7-8-10-24(17)30-27(31)13-18(2)21-15-22-23(16-35-29(22)19(3)28(21)34-6)20-11-12-25(32-4)26(14-20)33-5/h7-16H,1-6H3,(H,30,31)/b18-13+. The van der Waals surface area contributed by atoms with E-state index in [1.807, 2.05) is 69.3 Å². The van der Waals surface area contributed by atoms with Crippen LogP contribution in [-0.2, 0) is 4.79 Å². The number of nitrogens with one attached hydrogen (secondary N) is 1. The van der Waals surface area contributed by atoms with Gasteiger partial charge in [0.05, 0.1) is 27.6 Å².